The first kappa shape index (κ1) is 11.8. The fraction of sp³-hybridized carbons (Fsp3) is 1.00. The minimum absolute atomic E-state index is 0.000933. The van der Waals surface area contributed by atoms with Crippen LogP contribution in [-0.2, 0) is 10.0 Å². The van der Waals surface area contributed by atoms with E-state index in [1.165, 1.54) is 12.8 Å². The van der Waals surface area contributed by atoms with Crippen molar-refractivity contribution in [2.75, 3.05) is 24.3 Å². The Morgan fingerprint density at radius 1 is 1.33 bits per heavy atom. The first-order valence-electron chi connectivity index (χ1n) is 5.38. The molecule has 1 aliphatic carbocycles. The number of nitrogens with one attached hydrogen (secondary N) is 1. The molecular formula is C9H17BrN2O2S. The zero-order chi connectivity index (χ0) is 10.9. The summed E-state index contributed by atoms with van der Waals surface area (Å²) in [5, 5.41) is 0. The van der Waals surface area contributed by atoms with Gasteiger partial charge in [-0.2, -0.15) is 0 Å². The fourth-order valence-electron chi connectivity index (χ4n) is 2.08. The van der Waals surface area contributed by atoms with E-state index in [0.29, 0.717) is 12.5 Å². The van der Waals surface area contributed by atoms with Crippen LogP contribution >= 0.6 is 15.9 Å². The Morgan fingerprint density at radius 2 is 2.07 bits per heavy atom. The molecule has 2 aliphatic rings. The molecule has 1 unspecified atom stereocenters. The number of rotatable bonds is 5. The van der Waals surface area contributed by atoms with E-state index >= 15 is 0 Å². The average Bonchev–Trinajstić information content (AvgIpc) is 2.96. The molecule has 1 aliphatic heterocycles. The number of sulfonamides is 1. The highest BCUT2D eigenvalue weighted by atomic mass is 79.9. The molecule has 0 spiro atoms. The largest absolute Gasteiger partial charge is 0.300 e. The summed E-state index contributed by atoms with van der Waals surface area (Å²) < 4.78 is 25.1. The van der Waals surface area contributed by atoms with Gasteiger partial charge in [0.25, 0.3) is 0 Å². The SMILES string of the molecule is O=S(=O)(CBr)NCC1CCN(C2CC2)C1. The van der Waals surface area contributed by atoms with Crippen LogP contribution in [0.4, 0.5) is 0 Å². The fourth-order valence-corrected chi connectivity index (χ4v) is 3.14. The van der Waals surface area contributed by atoms with Gasteiger partial charge in [0.2, 0.25) is 10.0 Å². The van der Waals surface area contributed by atoms with Crippen molar-refractivity contribution in [2.24, 2.45) is 5.92 Å². The highest BCUT2D eigenvalue weighted by molar-refractivity contribution is 9.10. The van der Waals surface area contributed by atoms with E-state index < -0.39 is 10.0 Å². The summed E-state index contributed by atoms with van der Waals surface area (Å²) in [5.41, 5.74) is 0. The number of likely N-dealkylation sites (tertiary alicyclic amines) is 1. The Morgan fingerprint density at radius 3 is 2.67 bits per heavy atom. The van der Waals surface area contributed by atoms with Crippen LogP contribution in [0.5, 0.6) is 0 Å². The molecule has 2 rings (SSSR count). The monoisotopic (exact) mass is 296 g/mol. The Balaban J connectivity index is 1.72. The predicted molar refractivity (Wildman–Crippen MR) is 63.4 cm³/mol. The molecule has 0 aromatic heterocycles. The van der Waals surface area contributed by atoms with E-state index in [9.17, 15) is 8.42 Å². The summed E-state index contributed by atoms with van der Waals surface area (Å²) in [7, 11) is -3.08. The van der Waals surface area contributed by atoms with E-state index in [-0.39, 0.29) is 4.66 Å². The van der Waals surface area contributed by atoms with Crippen LogP contribution in [0.3, 0.4) is 0 Å². The standard InChI is InChI=1S/C9H17BrN2O2S/c10-7-15(13,14)11-5-8-3-4-12(6-8)9-1-2-9/h8-9,11H,1-7H2. The highest BCUT2D eigenvalue weighted by Gasteiger charge is 2.34. The van der Waals surface area contributed by atoms with Crippen molar-refractivity contribution in [2.45, 2.75) is 25.3 Å². The lowest BCUT2D eigenvalue weighted by Gasteiger charge is -2.14. The molecule has 2 fully saturated rings. The lowest BCUT2D eigenvalue weighted by atomic mass is 10.1. The van der Waals surface area contributed by atoms with Crippen LogP contribution in [0.1, 0.15) is 19.3 Å². The van der Waals surface area contributed by atoms with Crippen molar-refractivity contribution in [1.82, 2.24) is 9.62 Å². The summed E-state index contributed by atoms with van der Waals surface area (Å²) >= 11 is 2.96. The average molecular weight is 297 g/mol. The smallest absolute Gasteiger partial charge is 0.221 e. The highest BCUT2D eigenvalue weighted by Crippen LogP contribution is 2.31. The second-order valence-corrected chi connectivity index (χ2v) is 7.56. The number of hydrogen-bond acceptors (Lipinski definition) is 3. The molecule has 0 radical (unpaired) electrons. The molecule has 1 saturated carbocycles. The van der Waals surface area contributed by atoms with Gasteiger partial charge in [-0.1, -0.05) is 15.9 Å². The van der Waals surface area contributed by atoms with Gasteiger partial charge in [0.15, 0.2) is 0 Å². The molecule has 1 heterocycles. The van der Waals surface area contributed by atoms with Crippen LogP contribution in [-0.4, -0.2) is 43.7 Å². The van der Waals surface area contributed by atoms with Crippen LogP contribution in [0.15, 0.2) is 0 Å². The Hall–Kier alpha value is 0.350. The molecule has 0 bridgehead atoms. The molecule has 1 N–H and O–H groups in total. The van der Waals surface area contributed by atoms with Crippen molar-refractivity contribution in [3.63, 3.8) is 0 Å². The Labute approximate surface area is 99.6 Å². The van der Waals surface area contributed by atoms with Gasteiger partial charge in [0.05, 0.1) is 0 Å². The minimum atomic E-state index is -3.08. The maximum atomic E-state index is 11.2. The molecule has 1 atom stereocenters. The third-order valence-electron chi connectivity index (χ3n) is 3.12. The molecule has 1 saturated heterocycles. The summed E-state index contributed by atoms with van der Waals surface area (Å²) in [4.78, 5) is 2.49. The van der Waals surface area contributed by atoms with Gasteiger partial charge in [-0.25, -0.2) is 13.1 Å². The van der Waals surface area contributed by atoms with E-state index in [0.717, 1.165) is 25.6 Å². The summed E-state index contributed by atoms with van der Waals surface area (Å²) in [6, 6.07) is 0.808. The first-order chi connectivity index (χ1) is 7.11. The van der Waals surface area contributed by atoms with Crippen molar-refractivity contribution >= 4 is 26.0 Å². The zero-order valence-corrected chi connectivity index (χ0v) is 11.1. The number of nitrogens with zero attached hydrogens (tertiary/aromatic N) is 1. The van der Waals surface area contributed by atoms with Gasteiger partial charge in [-0.3, -0.25) is 0 Å². The summed E-state index contributed by atoms with van der Waals surface area (Å²) in [5.74, 6) is 0.499. The molecule has 0 aromatic carbocycles. The molecule has 4 nitrogen and oxygen atoms in total. The van der Waals surface area contributed by atoms with Gasteiger partial charge in [0, 0.05) is 19.1 Å². The molecule has 88 valence electrons. The van der Waals surface area contributed by atoms with Crippen molar-refractivity contribution in [3.8, 4) is 0 Å². The maximum absolute atomic E-state index is 11.2. The molecule has 6 heteroatoms. The Kier molecular flexibility index (Phi) is 3.70. The topological polar surface area (TPSA) is 49.4 Å². The van der Waals surface area contributed by atoms with Gasteiger partial charge in [-0.05, 0) is 31.7 Å². The van der Waals surface area contributed by atoms with E-state index in [1.807, 2.05) is 0 Å². The molecule has 0 amide bonds. The van der Waals surface area contributed by atoms with Gasteiger partial charge >= 0.3 is 0 Å². The number of alkyl halides is 1. The lowest BCUT2D eigenvalue weighted by molar-refractivity contribution is 0.314. The first-order valence-corrected chi connectivity index (χ1v) is 8.15. The number of hydrogen-bond donors (Lipinski definition) is 1. The van der Waals surface area contributed by atoms with E-state index in [4.69, 9.17) is 0 Å². The lowest BCUT2D eigenvalue weighted by Crippen LogP contribution is -2.31. The second kappa shape index (κ2) is 4.69. The minimum Gasteiger partial charge on any atom is -0.300 e. The number of halogens is 1. The van der Waals surface area contributed by atoms with E-state index in [1.54, 1.807) is 0 Å². The summed E-state index contributed by atoms with van der Waals surface area (Å²) in [6.45, 7) is 2.80. The van der Waals surface area contributed by atoms with Crippen LogP contribution in [0.25, 0.3) is 0 Å². The zero-order valence-electron chi connectivity index (χ0n) is 8.65. The van der Waals surface area contributed by atoms with Crippen LogP contribution in [0.2, 0.25) is 0 Å². The second-order valence-electron chi connectivity index (χ2n) is 4.45. The Bertz CT molecular complexity index is 316. The third kappa shape index (κ3) is 3.41. The normalized spacial score (nSPS) is 28.5. The third-order valence-corrected chi connectivity index (χ3v) is 5.82. The molecular weight excluding hydrogens is 280 g/mol. The molecule has 0 aromatic rings. The van der Waals surface area contributed by atoms with Gasteiger partial charge in [0.1, 0.15) is 4.66 Å². The quantitative estimate of drug-likeness (QED) is 0.762. The van der Waals surface area contributed by atoms with E-state index in [2.05, 4.69) is 25.6 Å². The van der Waals surface area contributed by atoms with Crippen LogP contribution in [0, 0.1) is 5.92 Å². The van der Waals surface area contributed by atoms with Gasteiger partial charge in [-0.15, -0.1) is 0 Å². The van der Waals surface area contributed by atoms with Crippen molar-refractivity contribution < 1.29 is 8.42 Å². The summed E-state index contributed by atoms with van der Waals surface area (Å²) in [6.07, 6.45) is 3.79. The van der Waals surface area contributed by atoms with Crippen LogP contribution < -0.4 is 4.72 Å². The van der Waals surface area contributed by atoms with Crippen molar-refractivity contribution in [1.29, 1.82) is 0 Å². The predicted octanol–water partition coefficient (Wildman–Crippen LogP) is 0.742. The maximum Gasteiger partial charge on any atom is 0.221 e. The van der Waals surface area contributed by atoms with Crippen molar-refractivity contribution in [3.05, 3.63) is 0 Å². The van der Waals surface area contributed by atoms with Gasteiger partial charge < -0.3 is 4.90 Å². The molecule has 15 heavy (non-hydrogen) atoms.